The summed E-state index contributed by atoms with van der Waals surface area (Å²) in [7, 11) is 1.65. The van der Waals surface area contributed by atoms with Gasteiger partial charge < -0.3 is 20.5 Å². The number of aliphatic hydroxyl groups excluding tert-OH is 1. The van der Waals surface area contributed by atoms with Crippen LogP contribution in [0.25, 0.3) is 0 Å². The molecule has 0 bridgehead atoms. The van der Waals surface area contributed by atoms with Gasteiger partial charge in [0.2, 0.25) is 0 Å². The van der Waals surface area contributed by atoms with E-state index in [0.29, 0.717) is 19.7 Å². The third-order valence-corrected chi connectivity index (χ3v) is 3.77. The SMILES string of the molecule is COCc1ccccc1CNC(=O)NCC1(CO)CC1. The molecule has 2 rings (SSSR count). The van der Waals surface area contributed by atoms with Gasteiger partial charge in [-0.1, -0.05) is 24.3 Å². The molecule has 1 aliphatic rings. The number of carbonyl (C=O) groups is 1. The van der Waals surface area contributed by atoms with Crippen LogP contribution in [0.5, 0.6) is 0 Å². The standard InChI is InChI=1S/C15H22N2O3/c1-20-9-13-5-3-2-4-12(13)8-16-14(19)17-10-15(11-18)6-7-15/h2-5,18H,6-11H2,1H3,(H2,16,17,19). The predicted octanol–water partition coefficient (Wildman–Crippen LogP) is 1.40. The van der Waals surface area contributed by atoms with E-state index in [2.05, 4.69) is 10.6 Å². The van der Waals surface area contributed by atoms with Crippen molar-refractivity contribution in [1.82, 2.24) is 10.6 Å². The van der Waals surface area contributed by atoms with Crippen LogP contribution in [-0.4, -0.2) is 31.4 Å². The van der Waals surface area contributed by atoms with Crippen LogP contribution in [0.2, 0.25) is 0 Å². The van der Waals surface area contributed by atoms with Crippen LogP contribution in [0.15, 0.2) is 24.3 Å². The maximum absolute atomic E-state index is 11.7. The lowest BCUT2D eigenvalue weighted by atomic mass is 10.1. The summed E-state index contributed by atoms with van der Waals surface area (Å²) in [5.41, 5.74) is 2.06. The van der Waals surface area contributed by atoms with Gasteiger partial charge in [-0.2, -0.15) is 0 Å². The van der Waals surface area contributed by atoms with Crippen LogP contribution in [0.4, 0.5) is 4.79 Å². The first-order valence-electron chi connectivity index (χ1n) is 6.87. The van der Waals surface area contributed by atoms with Crippen LogP contribution in [0, 0.1) is 5.41 Å². The Labute approximate surface area is 119 Å². The monoisotopic (exact) mass is 278 g/mol. The Hall–Kier alpha value is -1.59. The van der Waals surface area contributed by atoms with Gasteiger partial charge >= 0.3 is 6.03 Å². The number of hydrogen-bond acceptors (Lipinski definition) is 3. The highest BCUT2D eigenvalue weighted by Gasteiger charge is 2.42. The fourth-order valence-electron chi connectivity index (χ4n) is 2.10. The topological polar surface area (TPSA) is 70.6 Å². The minimum absolute atomic E-state index is 0.0642. The predicted molar refractivity (Wildman–Crippen MR) is 76.1 cm³/mol. The van der Waals surface area contributed by atoms with Crippen molar-refractivity contribution >= 4 is 6.03 Å². The first-order valence-corrected chi connectivity index (χ1v) is 6.87. The molecule has 5 nitrogen and oxygen atoms in total. The lowest BCUT2D eigenvalue weighted by Gasteiger charge is -2.14. The summed E-state index contributed by atoms with van der Waals surface area (Å²) in [5.74, 6) is 0. The minimum atomic E-state index is -0.197. The third kappa shape index (κ3) is 3.95. The van der Waals surface area contributed by atoms with Crippen LogP contribution in [-0.2, 0) is 17.9 Å². The van der Waals surface area contributed by atoms with Gasteiger partial charge in [-0.25, -0.2) is 4.79 Å². The lowest BCUT2D eigenvalue weighted by Crippen LogP contribution is -2.39. The molecular weight excluding hydrogens is 256 g/mol. The number of benzene rings is 1. The third-order valence-electron chi connectivity index (χ3n) is 3.77. The van der Waals surface area contributed by atoms with E-state index in [4.69, 9.17) is 4.74 Å². The van der Waals surface area contributed by atoms with Crippen molar-refractivity contribution in [3.8, 4) is 0 Å². The molecule has 0 heterocycles. The Morgan fingerprint density at radius 2 is 2.00 bits per heavy atom. The second-order valence-corrected chi connectivity index (χ2v) is 5.40. The molecule has 0 aliphatic heterocycles. The number of rotatable bonds is 7. The van der Waals surface area contributed by atoms with Crippen molar-refractivity contribution in [1.29, 1.82) is 0 Å². The van der Waals surface area contributed by atoms with E-state index in [9.17, 15) is 9.90 Å². The number of ether oxygens (including phenoxy) is 1. The molecule has 3 N–H and O–H groups in total. The molecule has 0 saturated heterocycles. The highest BCUT2D eigenvalue weighted by atomic mass is 16.5. The van der Waals surface area contributed by atoms with Gasteiger partial charge in [0, 0.05) is 25.6 Å². The molecule has 0 radical (unpaired) electrons. The maximum atomic E-state index is 11.7. The molecule has 0 unspecified atom stereocenters. The first kappa shape index (κ1) is 14.8. The number of methoxy groups -OCH3 is 1. The quantitative estimate of drug-likeness (QED) is 0.706. The summed E-state index contributed by atoms with van der Waals surface area (Å²) in [6.45, 7) is 1.68. The highest BCUT2D eigenvalue weighted by Crippen LogP contribution is 2.44. The van der Waals surface area contributed by atoms with E-state index >= 15 is 0 Å². The van der Waals surface area contributed by atoms with Gasteiger partial charge in [0.1, 0.15) is 0 Å². The molecule has 110 valence electrons. The van der Waals surface area contributed by atoms with Crippen LogP contribution >= 0.6 is 0 Å². The number of urea groups is 1. The van der Waals surface area contributed by atoms with Crippen molar-refractivity contribution < 1.29 is 14.6 Å². The summed E-state index contributed by atoms with van der Waals surface area (Å²) in [5, 5.41) is 14.8. The molecule has 1 aromatic carbocycles. The Morgan fingerprint density at radius 3 is 2.60 bits per heavy atom. The number of hydrogen-bond donors (Lipinski definition) is 3. The van der Waals surface area contributed by atoms with E-state index < -0.39 is 0 Å². The molecule has 0 aromatic heterocycles. The van der Waals surface area contributed by atoms with E-state index in [0.717, 1.165) is 24.0 Å². The second kappa shape index (κ2) is 6.72. The Kier molecular flexibility index (Phi) is 4.98. The molecule has 1 aromatic rings. The fraction of sp³-hybridized carbons (Fsp3) is 0.533. The van der Waals surface area contributed by atoms with Crippen molar-refractivity contribution in [2.24, 2.45) is 5.41 Å². The summed E-state index contributed by atoms with van der Waals surface area (Å²) in [6.07, 6.45) is 1.97. The molecule has 1 aliphatic carbocycles. The van der Waals surface area contributed by atoms with E-state index in [1.807, 2.05) is 24.3 Å². The van der Waals surface area contributed by atoms with Crippen LogP contribution in [0.1, 0.15) is 24.0 Å². The smallest absolute Gasteiger partial charge is 0.315 e. The van der Waals surface area contributed by atoms with Gasteiger partial charge in [-0.3, -0.25) is 0 Å². The second-order valence-electron chi connectivity index (χ2n) is 5.40. The molecule has 0 spiro atoms. The molecule has 0 atom stereocenters. The highest BCUT2D eigenvalue weighted by molar-refractivity contribution is 5.73. The Morgan fingerprint density at radius 1 is 1.30 bits per heavy atom. The maximum Gasteiger partial charge on any atom is 0.315 e. The van der Waals surface area contributed by atoms with Crippen molar-refractivity contribution in [2.45, 2.75) is 26.0 Å². The molecular formula is C15H22N2O3. The number of nitrogens with one attached hydrogen (secondary N) is 2. The van der Waals surface area contributed by atoms with E-state index in [1.54, 1.807) is 7.11 Å². The lowest BCUT2D eigenvalue weighted by molar-refractivity contribution is 0.184. The van der Waals surface area contributed by atoms with Crippen molar-refractivity contribution in [2.75, 3.05) is 20.3 Å². The van der Waals surface area contributed by atoms with Gasteiger partial charge in [0.05, 0.1) is 13.2 Å². The molecule has 1 fully saturated rings. The zero-order valence-corrected chi connectivity index (χ0v) is 11.8. The zero-order chi connectivity index (χ0) is 14.4. The first-order chi connectivity index (χ1) is 9.69. The number of amides is 2. The van der Waals surface area contributed by atoms with Gasteiger partial charge in [0.25, 0.3) is 0 Å². The Bertz CT molecular complexity index is 458. The average Bonchev–Trinajstić information content (AvgIpc) is 3.25. The van der Waals surface area contributed by atoms with Gasteiger partial charge in [0.15, 0.2) is 0 Å². The largest absolute Gasteiger partial charge is 0.396 e. The number of aliphatic hydroxyl groups is 1. The molecule has 5 heteroatoms. The normalized spacial score (nSPS) is 15.7. The van der Waals surface area contributed by atoms with E-state index in [1.165, 1.54) is 0 Å². The summed E-state index contributed by atoms with van der Waals surface area (Å²) in [4.78, 5) is 11.7. The van der Waals surface area contributed by atoms with Crippen LogP contribution in [0.3, 0.4) is 0 Å². The van der Waals surface area contributed by atoms with Crippen molar-refractivity contribution in [3.05, 3.63) is 35.4 Å². The number of carbonyl (C=O) groups excluding carboxylic acids is 1. The van der Waals surface area contributed by atoms with Crippen molar-refractivity contribution in [3.63, 3.8) is 0 Å². The summed E-state index contributed by atoms with van der Waals surface area (Å²) in [6, 6.07) is 7.67. The Balaban J connectivity index is 1.78. The fourth-order valence-corrected chi connectivity index (χ4v) is 2.10. The van der Waals surface area contributed by atoms with Crippen LogP contribution < -0.4 is 10.6 Å². The summed E-state index contributed by atoms with van der Waals surface area (Å²) >= 11 is 0. The molecule has 20 heavy (non-hydrogen) atoms. The summed E-state index contributed by atoms with van der Waals surface area (Å²) < 4.78 is 5.13. The minimum Gasteiger partial charge on any atom is -0.396 e. The molecule has 1 saturated carbocycles. The van der Waals surface area contributed by atoms with Gasteiger partial charge in [-0.05, 0) is 24.0 Å². The van der Waals surface area contributed by atoms with E-state index in [-0.39, 0.29) is 18.1 Å². The zero-order valence-electron chi connectivity index (χ0n) is 11.8. The average molecular weight is 278 g/mol. The van der Waals surface area contributed by atoms with Gasteiger partial charge in [-0.15, -0.1) is 0 Å². The molecule has 2 amide bonds.